The lowest BCUT2D eigenvalue weighted by Crippen LogP contribution is -2.35. The number of carbonyl (C=O) groups is 2. The summed E-state index contributed by atoms with van der Waals surface area (Å²) in [6.07, 6.45) is 5.32. The zero-order valence-corrected chi connectivity index (χ0v) is 16.4. The van der Waals surface area contributed by atoms with E-state index in [-0.39, 0.29) is 11.6 Å². The standard InChI is InChI=1S/C23H23N3O3/c1-16-8-9-18(14-17(16)2)22(27)26-21(15-20-7-5-13-29-20)23(28)25-12-10-19-6-3-4-11-24-19/h3-9,11,13-15H,10,12H2,1-2H3,(H,25,28)(H,26,27)/b21-15-. The summed E-state index contributed by atoms with van der Waals surface area (Å²) in [6.45, 7) is 4.31. The Kier molecular flexibility index (Phi) is 6.58. The molecule has 148 valence electrons. The third-order valence-electron chi connectivity index (χ3n) is 4.48. The van der Waals surface area contributed by atoms with Gasteiger partial charge in [0.1, 0.15) is 11.5 Å². The number of nitrogens with zero attached hydrogens (tertiary/aromatic N) is 1. The summed E-state index contributed by atoms with van der Waals surface area (Å²) in [5.74, 6) is -0.277. The van der Waals surface area contributed by atoms with Crippen LogP contribution in [0.25, 0.3) is 6.08 Å². The quantitative estimate of drug-likeness (QED) is 0.607. The maximum absolute atomic E-state index is 12.7. The molecule has 0 spiro atoms. The number of hydrogen-bond acceptors (Lipinski definition) is 4. The van der Waals surface area contributed by atoms with E-state index in [1.54, 1.807) is 30.5 Å². The Balaban J connectivity index is 1.71. The Morgan fingerprint density at radius 3 is 2.62 bits per heavy atom. The van der Waals surface area contributed by atoms with Crippen LogP contribution in [0, 0.1) is 13.8 Å². The average Bonchev–Trinajstić information content (AvgIpc) is 3.23. The van der Waals surface area contributed by atoms with Crippen molar-refractivity contribution in [3.05, 3.63) is 94.8 Å². The third kappa shape index (κ3) is 5.65. The maximum atomic E-state index is 12.7. The van der Waals surface area contributed by atoms with E-state index in [9.17, 15) is 9.59 Å². The summed E-state index contributed by atoms with van der Waals surface area (Å²) in [6, 6.07) is 14.5. The van der Waals surface area contributed by atoms with Gasteiger partial charge in [-0.1, -0.05) is 12.1 Å². The number of amides is 2. The highest BCUT2D eigenvalue weighted by atomic mass is 16.3. The molecule has 0 unspecified atom stereocenters. The number of aromatic nitrogens is 1. The van der Waals surface area contributed by atoms with E-state index >= 15 is 0 Å². The molecule has 0 aliphatic rings. The molecule has 0 saturated heterocycles. The highest BCUT2D eigenvalue weighted by Crippen LogP contribution is 2.11. The van der Waals surface area contributed by atoms with Crippen molar-refractivity contribution in [1.29, 1.82) is 0 Å². The molecule has 29 heavy (non-hydrogen) atoms. The van der Waals surface area contributed by atoms with Crippen molar-refractivity contribution in [1.82, 2.24) is 15.6 Å². The molecule has 2 aromatic heterocycles. The fourth-order valence-electron chi connectivity index (χ4n) is 2.70. The third-order valence-corrected chi connectivity index (χ3v) is 4.48. The summed E-state index contributed by atoms with van der Waals surface area (Å²) in [4.78, 5) is 29.6. The second-order valence-electron chi connectivity index (χ2n) is 6.65. The summed E-state index contributed by atoms with van der Waals surface area (Å²) >= 11 is 0. The Hall–Kier alpha value is -3.67. The summed E-state index contributed by atoms with van der Waals surface area (Å²) in [7, 11) is 0. The molecule has 2 heterocycles. The number of aryl methyl sites for hydroxylation is 2. The van der Waals surface area contributed by atoms with Crippen LogP contribution in [0.5, 0.6) is 0 Å². The first-order valence-corrected chi connectivity index (χ1v) is 9.35. The van der Waals surface area contributed by atoms with Crippen molar-refractivity contribution < 1.29 is 14.0 Å². The van der Waals surface area contributed by atoms with Crippen LogP contribution in [-0.4, -0.2) is 23.3 Å². The molecule has 0 aliphatic heterocycles. The van der Waals surface area contributed by atoms with E-state index in [4.69, 9.17) is 4.42 Å². The Morgan fingerprint density at radius 2 is 1.93 bits per heavy atom. The van der Waals surface area contributed by atoms with Crippen molar-refractivity contribution in [2.75, 3.05) is 6.54 Å². The summed E-state index contributed by atoms with van der Waals surface area (Å²) < 4.78 is 5.29. The normalized spacial score (nSPS) is 11.2. The predicted molar refractivity (Wildman–Crippen MR) is 111 cm³/mol. The monoisotopic (exact) mass is 389 g/mol. The van der Waals surface area contributed by atoms with Crippen LogP contribution < -0.4 is 10.6 Å². The predicted octanol–water partition coefficient (Wildman–Crippen LogP) is 3.42. The van der Waals surface area contributed by atoms with Crippen molar-refractivity contribution in [2.45, 2.75) is 20.3 Å². The lowest BCUT2D eigenvalue weighted by Gasteiger charge is -2.11. The van der Waals surface area contributed by atoms with E-state index < -0.39 is 5.91 Å². The number of nitrogens with one attached hydrogen (secondary N) is 2. The molecule has 0 radical (unpaired) electrons. The molecule has 1 aromatic carbocycles. The number of rotatable bonds is 7. The van der Waals surface area contributed by atoms with Gasteiger partial charge in [0.2, 0.25) is 0 Å². The Labute approximate surface area is 169 Å². The van der Waals surface area contributed by atoms with E-state index in [1.807, 2.05) is 38.1 Å². The molecule has 3 rings (SSSR count). The lowest BCUT2D eigenvalue weighted by molar-refractivity contribution is -0.117. The van der Waals surface area contributed by atoms with Crippen LogP contribution in [-0.2, 0) is 11.2 Å². The maximum Gasteiger partial charge on any atom is 0.267 e. The zero-order chi connectivity index (χ0) is 20.6. The van der Waals surface area contributed by atoms with Crippen LogP contribution in [0.1, 0.15) is 32.9 Å². The average molecular weight is 389 g/mol. The number of carbonyl (C=O) groups excluding carboxylic acids is 2. The SMILES string of the molecule is Cc1ccc(C(=O)N/C(=C\c2ccco2)C(=O)NCCc2ccccn2)cc1C. The molecule has 0 aliphatic carbocycles. The van der Waals surface area contributed by atoms with Crippen LogP contribution >= 0.6 is 0 Å². The summed E-state index contributed by atoms with van der Waals surface area (Å²) in [5, 5.41) is 5.52. The molecule has 0 bridgehead atoms. The smallest absolute Gasteiger partial charge is 0.267 e. The fraction of sp³-hybridized carbons (Fsp3) is 0.174. The first-order valence-electron chi connectivity index (χ1n) is 9.35. The van der Waals surface area contributed by atoms with Crippen LogP contribution in [0.2, 0.25) is 0 Å². The largest absolute Gasteiger partial charge is 0.465 e. The number of benzene rings is 1. The molecular weight excluding hydrogens is 366 g/mol. The van der Waals surface area contributed by atoms with E-state index in [1.165, 1.54) is 12.3 Å². The Morgan fingerprint density at radius 1 is 1.07 bits per heavy atom. The van der Waals surface area contributed by atoms with Crippen molar-refractivity contribution in [3.8, 4) is 0 Å². The van der Waals surface area contributed by atoms with Gasteiger partial charge in [-0.15, -0.1) is 0 Å². The molecular formula is C23H23N3O3. The van der Waals surface area contributed by atoms with Crippen molar-refractivity contribution in [3.63, 3.8) is 0 Å². The number of pyridine rings is 1. The van der Waals surface area contributed by atoms with Gasteiger partial charge in [0.05, 0.1) is 6.26 Å². The molecule has 6 heteroatoms. The molecule has 3 aromatic rings. The Bertz CT molecular complexity index is 1010. The van der Waals surface area contributed by atoms with Crippen LogP contribution in [0.15, 0.2) is 71.1 Å². The van der Waals surface area contributed by atoms with Gasteiger partial charge in [0.25, 0.3) is 11.8 Å². The molecule has 0 atom stereocenters. The number of hydrogen-bond donors (Lipinski definition) is 2. The van der Waals surface area contributed by atoms with Gasteiger partial charge in [-0.05, 0) is 61.4 Å². The molecule has 0 saturated carbocycles. The van der Waals surface area contributed by atoms with Crippen LogP contribution in [0.4, 0.5) is 0 Å². The molecule has 2 amide bonds. The van der Waals surface area contributed by atoms with E-state index in [0.29, 0.717) is 24.3 Å². The molecule has 6 nitrogen and oxygen atoms in total. The fourth-order valence-corrected chi connectivity index (χ4v) is 2.70. The van der Waals surface area contributed by atoms with Gasteiger partial charge in [-0.2, -0.15) is 0 Å². The minimum absolute atomic E-state index is 0.115. The van der Waals surface area contributed by atoms with Gasteiger partial charge >= 0.3 is 0 Å². The topological polar surface area (TPSA) is 84.2 Å². The van der Waals surface area contributed by atoms with Crippen LogP contribution in [0.3, 0.4) is 0 Å². The second kappa shape index (κ2) is 9.50. The molecule has 0 fully saturated rings. The summed E-state index contributed by atoms with van der Waals surface area (Å²) in [5.41, 5.74) is 3.58. The van der Waals surface area contributed by atoms with E-state index in [0.717, 1.165) is 16.8 Å². The van der Waals surface area contributed by atoms with E-state index in [2.05, 4.69) is 15.6 Å². The van der Waals surface area contributed by atoms with Crippen molar-refractivity contribution in [2.24, 2.45) is 0 Å². The van der Waals surface area contributed by atoms with Gasteiger partial charge in [-0.25, -0.2) is 0 Å². The van der Waals surface area contributed by atoms with Gasteiger partial charge < -0.3 is 15.1 Å². The minimum atomic E-state index is -0.394. The number of furan rings is 1. The first-order chi connectivity index (χ1) is 14.0. The molecule has 2 N–H and O–H groups in total. The second-order valence-corrected chi connectivity index (χ2v) is 6.65. The van der Waals surface area contributed by atoms with Gasteiger partial charge in [0, 0.05) is 36.5 Å². The zero-order valence-electron chi connectivity index (χ0n) is 16.4. The van der Waals surface area contributed by atoms with Crippen molar-refractivity contribution >= 4 is 17.9 Å². The highest BCUT2D eigenvalue weighted by molar-refractivity contribution is 6.05. The van der Waals surface area contributed by atoms with Gasteiger partial charge in [0.15, 0.2) is 0 Å². The minimum Gasteiger partial charge on any atom is -0.465 e. The lowest BCUT2D eigenvalue weighted by atomic mass is 10.1. The highest BCUT2D eigenvalue weighted by Gasteiger charge is 2.15. The first kappa shape index (κ1) is 20.1. The van der Waals surface area contributed by atoms with Gasteiger partial charge in [-0.3, -0.25) is 14.6 Å².